The second kappa shape index (κ2) is 7.75. The standard InChI is InChI=1S/C15H23FN2S/c1-2-7-17-12-13-14(16)5-3-6-15(13)18-8-4-10-19-11-9-18/h3,5-6,17H,2,4,7-12H2,1H3. The Kier molecular flexibility index (Phi) is 5.98. The second-order valence-electron chi connectivity index (χ2n) is 4.87. The molecule has 0 atom stereocenters. The number of benzene rings is 1. The number of hydrogen-bond acceptors (Lipinski definition) is 3. The fourth-order valence-corrected chi connectivity index (χ4v) is 3.28. The van der Waals surface area contributed by atoms with E-state index in [4.69, 9.17) is 0 Å². The van der Waals surface area contributed by atoms with E-state index >= 15 is 0 Å². The number of anilines is 1. The van der Waals surface area contributed by atoms with Gasteiger partial charge in [0.2, 0.25) is 0 Å². The van der Waals surface area contributed by atoms with E-state index in [0.29, 0.717) is 6.54 Å². The second-order valence-corrected chi connectivity index (χ2v) is 6.09. The molecule has 0 aliphatic carbocycles. The van der Waals surface area contributed by atoms with E-state index in [1.165, 1.54) is 12.2 Å². The highest BCUT2D eigenvalue weighted by Crippen LogP contribution is 2.25. The molecular weight excluding hydrogens is 259 g/mol. The summed E-state index contributed by atoms with van der Waals surface area (Å²) in [6.45, 7) is 5.75. The fraction of sp³-hybridized carbons (Fsp3) is 0.600. The third kappa shape index (κ3) is 4.11. The monoisotopic (exact) mass is 282 g/mol. The highest BCUT2D eigenvalue weighted by atomic mass is 32.2. The van der Waals surface area contributed by atoms with Gasteiger partial charge in [-0.05, 0) is 37.3 Å². The summed E-state index contributed by atoms with van der Waals surface area (Å²) >= 11 is 1.99. The molecule has 2 nitrogen and oxygen atoms in total. The molecule has 0 aromatic heterocycles. The van der Waals surface area contributed by atoms with Crippen molar-refractivity contribution in [2.45, 2.75) is 26.3 Å². The molecule has 0 amide bonds. The summed E-state index contributed by atoms with van der Waals surface area (Å²) < 4.78 is 14.1. The van der Waals surface area contributed by atoms with Crippen molar-refractivity contribution in [3.63, 3.8) is 0 Å². The summed E-state index contributed by atoms with van der Waals surface area (Å²) in [4.78, 5) is 2.34. The van der Waals surface area contributed by atoms with Crippen molar-refractivity contribution >= 4 is 17.4 Å². The summed E-state index contributed by atoms with van der Waals surface area (Å²) in [6, 6.07) is 5.45. The van der Waals surface area contributed by atoms with Crippen LogP contribution >= 0.6 is 11.8 Å². The Balaban J connectivity index is 2.15. The average Bonchev–Trinajstić information content (AvgIpc) is 2.69. The van der Waals surface area contributed by atoms with Gasteiger partial charge >= 0.3 is 0 Å². The third-order valence-corrected chi connectivity index (χ3v) is 4.43. The van der Waals surface area contributed by atoms with E-state index in [-0.39, 0.29) is 5.82 Å². The van der Waals surface area contributed by atoms with Crippen LogP contribution < -0.4 is 10.2 Å². The molecule has 1 saturated heterocycles. The van der Waals surface area contributed by atoms with Gasteiger partial charge in [-0.2, -0.15) is 11.8 Å². The number of nitrogens with zero attached hydrogens (tertiary/aromatic N) is 1. The first-order valence-corrected chi connectivity index (χ1v) is 8.29. The predicted molar refractivity (Wildman–Crippen MR) is 82.6 cm³/mol. The number of thioether (sulfide) groups is 1. The van der Waals surface area contributed by atoms with Crippen molar-refractivity contribution in [2.24, 2.45) is 0 Å². The molecule has 4 heteroatoms. The lowest BCUT2D eigenvalue weighted by molar-refractivity contribution is 0.584. The predicted octanol–water partition coefficient (Wildman–Crippen LogP) is 3.27. The summed E-state index contributed by atoms with van der Waals surface area (Å²) in [7, 11) is 0. The maximum Gasteiger partial charge on any atom is 0.129 e. The van der Waals surface area contributed by atoms with Crippen molar-refractivity contribution in [3.8, 4) is 0 Å². The smallest absolute Gasteiger partial charge is 0.129 e. The van der Waals surface area contributed by atoms with Crippen molar-refractivity contribution in [3.05, 3.63) is 29.6 Å². The van der Waals surface area contributed by atoms with E-state index in [1.807, 2.05) is 17.8 Å². The molecule has 1 aromatic carbocycles. The maximum atomic E-state index is 14.1. The van der Waals surface area contributed by atoms with Crippen LogP contribution in [-0.4, -0.2) is 31.1 Å². The zero-order chi connectivity index (χ0) is 13.5. The third-order valence-electron chi connectivity index (χ3n) is 3.39. The average molecular weight is 282 g/mol. The fourth-order valence-electron chi connectivity index (χ4n) is 2.40. The van der Waals surface area contributed by atoms with Gasteiger partial charge < -0.3 is 10.2 Å². The first-order chi connectivity index (χ1) is 9.33. The lowest BCUT2D eigenvalue weighted by Crippen LogP contribution is -2.28. The van der Waals surface area contributed by atoms with Gasteiger partial charge in [-0.3, -0.25) is 0 Å². The minimum atomic E-state index is -0.0852. The first-order valence-electron chi connectivity index (χ1n) is 7.13. The SMILES string of the molecule is CCCNCc1c(F)cccc1N1CCCSCC1. The summed E-state index contributed by atoms with van der Waals surface area (Å²) in [5, 5.41) is 3.32. The van der Waals surface area contributed by atoms with Crippen LogP contribution in [0.4, 0.5) is 10.1 Å². The summed E-state index contributed by atoms with van der Waals surface area (Å²) in [6.07, 6.45) is 2.26. The Morgan fingerprint density at radius 1 is 1.32 bits per heavy atom. The van der Waals surface area contributed by atoms with Crippen molar-refractivity contribution in [1.82, 2.24) is 5.32 Å². The van der Waals surface area contributed by atoms with Crippen molar-refractivity contribution in [1.29, 1.82) is 0 Å². The van der Waals surface area contributed by atoms with E-state index in [9.17, 15) is 4.39 Å². The largest absolute Gasteiger partial charge is 0.370 e. The number of halogens is 1. The number of hydrogen-bond donors (Lipinski definition) is 1. The Hall–Kier alpha value is -0.740. The molecule has 0 radical (unpaired) electrons. The molecule has 2 rings (SSSR count). The van der Waals surface area contributed by atoms with Gasteiger partial charge in [-0.15, -0.1) is 0 Å². The van der Waals surface area contributed by atoms with Crippen LogP contribution in [0, 0.1) is 5.82 Å². The van der Waals surface area contributed by atoms with Gasteiger partial charge in [0.25, 0.3) is 0 Å². The Bertz CT molecular complexity index is 390. The normalized spacial score (nSPS) is 16.4. The van der Waals surface area contributed by atoms with E-state index < -0.39 is 0 Å². The molecule has 0 bridgehead atoms. The van der Waals surface area contributed by atoms with E-state index in [2.05, 4.69) is 23.2 Å². The van der Waals surface area contributed by atoms with Gasteiger partial charge in [0, 0.05) is 36.6 Å². The van der Waals surface area contributed by atoms with Crippen LogP contribution in [0.5, 0.6) is 0 Å². The number of rotatable bonds is 5. The van der Waals surface area contributed by atoms with Crippen LogP contribution in [0.1, 0.15) is 25.3 Å². The zero-order valence-electron chi connectivity index (χ0n) is 11.6. The number of nitrogens with one attached hydrogen (secondary N) is 1. The van der Waals surface area contributed by atoms with Gasteiger partial charge in [0.05, 0.1) is 0 Å². The lowest BCUT2D eigenvalue weighted by Gasteiger charge is -2.25. The van der Waals surface area contributed by atoms with Gasteiger partial charge in [0.15, 0.2) is 0 Å². The van der Waals surface area contributed by atoms with Gasteiger partial charge in [-0.1, -0.05) is 13.0 Å². The molecule has 1 aliphatic heterocycles. The lowest BCUT2D eigenvalue weighted by atomic mass is 10.1. The van der Waals surface area contributed by atoms with Crippen LogP contribution in [-0.2, 0) is 6.54 Å². The molecule has 0 saturated carbocycles. The highest BCUT2D eigenvalue weighted by Gasteiger charge is 2.15. The molecule has 1 N–H and O–H groups in total. The maximum absolute atomic E-state index is 14.1. The molecule has 1 heterocycles. The molecule has 0 spiro atoms. The molecular formula is C15H23FN2S. The quantitative estimate of drug-likeness (QED) is 0.835. The van der Waals surface area contributed by atoms with Crippen LogP contribution in [0.2, 0.25) is 0 Å². The molecule has 19 heavy (non-hydrogen) atoms. The Morgan fingerprint density at radius 3 is 3.05 bits per heavy atom. The molecule has 1 aromatic rings. The summed E-state index contributed by atoms with van der Waals surface area (Å²) in [5.74, 6) is 2.27. The topological polar surface area (TPSA) is 15.3 Å². The minimum Gasteiger partial charge on any atom is -0.370 e. The first kappa shape index (κ1) is 14.7. The highest BCUT2D eigenvalue weighted by molar-refractivity contribution is 7.99. The van der Waals surface area contributed by atoms with Crippen LogP contribution in [0.15, 0.2) is 18.2 Å². The van der Waals surface area contributed by atoms with Gasteiger partial charge in [-0.25, -0.2) is 4.39 Å². The Morgan fingerprint density at radius 2 is 2.21 bits per heavy atom. The zero-order valence-corrected chi connectivity index (χ0v) is 12.4. The van der Waals surface area contributed by atoms with Gasteiger partial charge in [0.1, 0.15) is 5.82 Å². The van der Waals surface area contributed by atoms with E-state index in [1.54, 1.807) is 6.07 Å². The molecule has 1 fully saturated rings. The van der Waals surface area contributed by atoms with Crippen molar-refractivity contribution in [2.75, 3.05) is 36.0 Å². The molecule has 0 unspecified atom stereocenters. The van der Waals surface area contributed by atoms with E-state index in [0.717, 1.165) is 43.1 Å². The van der Waals surface area contributed by atoms with Crippen molar-refractivity contribution < 1.29 is 4.39 Å². The molecule has 1 aliphatic rings. The molecule has 106 valence electrons. The minimum absolute atomic E-state index is 0.0852. The van der Waals surface area contributed by atoms with Crippen LogP contribution in [0.25, 0.3) is 0 Å². The summed E-state index contributed by atoms with van der Waals surface area (Å²) in [5.41, 5.74) is 1.90. The Labute approximate surface area is 119 Å². The van der Waals surface area contributed by atoms with Crippen LogP contribution in [0.3, 0.4) is 0 Å².